The van der Waals surface area contributed by atoms with Crippen molar-refractivity contribution in [1.29, 1.82) is 0 Å². The molecule has 3 aromatic carbocycles. The van der Waals surface area contributed by atoms with Crippen LogP contribution in [0.3, 0.4) is 0 Å². The number of aliphatic carboxylic acids is 1. The fourth-order valence-corrected chi connectivity index (χ4v) is 4.47. The van der Waals surface area contributed by atoms with Crippen LogP contribution in [0.25, 0.3) is 0 Å². The van der Waals surface area contributed by atoms with Crippen molar-refractivity contribution >= 4 is 27.6 Å². The molecule has 0 amide bonds. The van der Waals surface area contributed by atoms with Gasteiger partial charge >= 0.3 is 5.97 Å². The highest BCUT2D eigenvalue weighted by molar-refractivity contribution is 7.89. The quantitative estimate of drug-likeness (QED) is 0.479. The molecule has 162 valence electrons. The first-order valence-electron chi connectivity index (χ1n) is 9.57. The van der Waals surface area contributed by atoms with E-state index in [9.17, 15) is 13.2 Å². The van der Waals surface area contributed by atoms with Crippen molar-refractivity contribution in [1.82, 2.24) is 4.72 Å². The van der Waals surface area contributed by atoms with Crippen LogP contribution in [0.2, 0.25) is 5.02 Å². The monoisotopic (exact) mass is 459 g/mol. The number of rotatable bonds is 10. The zero-order chi connectivity index (χ0) is 22.3. The first kappa shape index (κ1) is 22.8. The average molecular weight is 460 g/mol. The van der Waals surface area contributed by atoms with Crippen LogP contribution in [-0.2, 0) is 27.7 Å². The molecule has 0 spiro atoms. The molecular weight excluding hydrogens is 438 g/mol. The van der Waals surface area contributed by atoms with Gasteiger partial charge < -0.3 is 9.84 Å². The Morgan fingerprint density at radius 3 is 2.06 bits per heavy atom. The summed E-state index contributed by atoms with van der Waals surface area (Å²) in [4.78, 5) is 10.8. The van der Waals surface area contributed by atoms with Crippen LogP contribution < -0.4 is 9.46 Å². The minimum atomic E-state index is -3.74. The minimum absolute atomic E-state index is 0.146. The molecule has 0 aliphatic rings. The van der Waals surface area contributed by atoms with Crippen LogP contribution in [0.1, 0.15) is 11.1 Å². The van der Waals surface area contributed by atoms with Gasteiger partial charge in [0, 0.05) is 11.1 Å². The van der Waals surface area contributed by atoms with E-state index in [-0.39, 0.29) is 4.90 Å². The molecule has 31 heavy (non-hydrogen) atoms. The highest BCUT2D eigenvalue weighted by atomic mass is 35.5. The first-order chi connectivity index (χ1) is 14.8. The Hall–Kier alpha value is -2.87. The van der Waals surface area contributed by atoms with E-state index in [4.69, 9.17) is 21.4 Å². The molecule has 0 heterocycles. The summed E-state index contributed by atoms with van der Waals surface area (Å²) in [5.41, 5.74) is 1.90. The normalized spacial score (nSPS) is 12.3. The molecule has 3 aromatic rings. The molecule has 1 atom stereocenters. The van der Waals surface area contributed by atoms with Gasteiger partial charge in [0.25, 0.3) is 0 Å². The number of carboxylic acids is 1. The lowest BCUT2D eigenvalue weighted by atomic mass is 10.00. The second-order valence-electron chi connectivity index (χ2n) is 6.99. The Morgan fingerprint density at radius 2 is 1.48 bits per heavy atom. The van der Waals surface area contributed by atoms with Gasteiger partial charge in [-0.05, 0) is 60.4 Å². The highest BCUT2D eigenvalue weighted by Crippen LogP contribution is 2.18. The summed E-state index contributed by atoms with van der Waals surface area (Å²) in [6.45, 7) is -0.420. The topological polar surface area (TPSA) is 92.7 Å². The Balaban J connectivity index is 1.78. The molecule has 6 nitrogen and oxygen atoms in total. The third-order valence-corrected chi connectivity index (χ3v) is 6.33. The van der Waals surface area contributed by atoms with Crippen molar-refractivity contribution in [3.05, 3.63) is 95.0 Å². The van der Waals surface area contributed by atoms with Gasteiger partial charge in [0.15, 0.2) is 6.61 Å². The predicted octanol–water partition coefficient (Wildman–Crippen LogP) is 3.94. The number of sulfonamides is 1. The van der Waals surface area contributed by atoms with E-state index >= 15 is 0 Å². The number of hydrogen-bond donors (Lipinski definition) is 2. The molecule has 1 unspecified atom stereocenters. The van der Waals surface area contributed by atoms with Crippen LogP contribution in [0.15, 0.2) is 83.8 Å². The summed E-state index contributed by atoms with van der Waals surface area (Å²) in [5, 5.41) is 9.17. The van der Waals surface area contributed by atoms with Crippen LogP contribution in [0.4, 0.5) is 0 Å². The fourth-order valence-electron chi connectivity index (χ4n) is 3.11. The van der Waals surface area contributed by atoms with Gasteiger partial charge in [-0.25, -0.2) is 17.9 Å². The van der Waals surface area contributed by atoms with E-state index in [0.29, 0.717) is 23.6 Å². The van der Waals surface area contributed by atoms with Gasteiger partial charge in [0.2, 0.25) is 10.0 Å². The number of carboxylic acid groups (broad SMARTS) is 1. The molecule has 0 saturated carbocycles. The lowest BCUT2D eigenvalue weighted by molar-refractivity contribution is -0.139. The largest absolute Gasteiger partial charge is 0.482 e. The van der Waals surface area contributed by atoms with E-state index < -0.39 is 28.6 Å². The Morgan fingerprint density at radius 1 is 0.903 bits per heavy atom. The lowest BCUT2D eigenvalue weighted by Crippen LogP contribution is -2.38. The van der Waals surface area contributed by atoms with Crippen molar-refractivity contribution in [3.63, 3.8) is 0 Å². The third kappa shape index (κ3) is 7.10. The molecule has 0 aliphatic heterocycles. The molecular formula is C23H22ClNO5S. The maximum Gasteiger partial charge on any atom is 0.341 e. The Labute approximate surface area is 186 Å². The van der Waals surface area contributed by atoms with E-state index in [1.807, 2.05) is 30.3 Å². The van der Waals surface area contributed by atoms with Crippen LogP contribution in [0.5, 0.6) is 5.75 Å². The van der Waals surface area contributed by atoms with Crippen LogP contribution >= 0.6 is 11.6 Å². The summed E-state index contributed by atoms with van der Waals surface area (Å²) in [6.07, 6.45) is 0.950. The van der Waals surface area contributed by atoms with Gasteiger partial charge in [-0.1, -0.05) is 54.1 Å². The summed E-state index contributed by atoms with van der Waals surface area (Å²) in [5.74, 6) is -0.615. The van der Waals surface area contributed by atoms with Crippen molar-refractivity contribution in [2.75, 3.05) is 6.61 Å². The summed E-state index contributed by atoms with van der Waals surface area (Å²) in [7, 11) is -3.74. The second kappa shape index (κ2) is 10.4. The number of carbonyl (C=O) groups is 1. The predicted molar refractivity (Wildman–Crippen MR) is 119 cm³/mol. The Kier molecular flexibility index (Phi) is 7.68. The molecule has 0 radical (unpaired) electrons. The SMILES string of the molecule is O=C(O)COc1ccc(CC(Cc2ccccc2)NS(=O)(=O)c2ccc(Cl)cc2)cc1. The van der Waals surface area contributed by atoms with Crippen molar-refractivity contribution < 1.29 is 23.1 Å². The van der Waals surface area contributed by atoms with Gasteiger partial charge in [0.1, 0.15) is 5.75 Å². The van der Waals surface area contributed by atoms with Crippen molar-refractivity contribution in [2.24, 2.45) is 0 Å². The smallest absolute Gasteiger partial charge is 0.341 e. The zero-order valence-electron chi connectivity index (χ0n) is 16.6. The molecule has 8 heteroatoms. The maximum absolute atomic E-state index is 12.9. The molecule has 0 aromatic heterocycles. The maximum atomic E-state index is 12.9. The molecule has 0 aliphatic carbocycles. The third-order valence-electron chi connectivity index (χ3n) is 4.54. The van der Waals surface area contributed by atoms with Gasteiger partial charge in [-0.3, -0.25) is 0 Å². The summed E-state index contributed by atoms with van der Waals surface area (Å²) < 4.78 is 33.8. The van der Waals surface area contributed by atoms with Crippen molar-refractivity contribution in [3.8, 4) is 5.75 Å². The first-order valence-corrected chi connectivity index (χ1v) is 11.4. The number of hydrogen-bond acceptors (Lipinski definition) is 4. The molecule has 3 rings (SSSR count). The van der Waals surface area contributed by atoms with E-state index in [1.165, 1.54) is 24.3 Å². The number of halogens is 1. The molecule has 0 saturated heterocycles. The second-order valence-corrected chi connectivity index (χ2v) is 9.14. The summed E-state index contributed by atoms with van der Waals surface area (Å²) >= 11 is 5.88. The highest BCUT2D eigenvalue weighted by Gasteiger charge is 2.21. The minimum Gasteiger partial charge on any atom is -0.482 e. The number of ether oxygens (including phenoxy) is 1. The van der Waals surface area contributed by atoms with Gasteiger partial charge in [0.05, 0.1) is 4.90 Å². The molecule has 2 N–H and O–H groups in total. The van der Waals surface area contributed by atoms with Gasteiger partial charge in [-0.15, -0.1) is 0 Å². The average Bonchev–Trinajstić information content (AvgIpc) is 2.74. The molecule has 0 fully saturated rings. The van der Waals surface area contributed by atoms with Crippen molar-refractivity contribution in [2.45, 2.75) is 23.8 Å². The van der Waals surface area contributed by atoms with E-state index in [2.05, 4.69) is 4.72 Å². The Bertz CT molecular complexity index is 1100. The molecule has 0 bridgehead atoms. The van der Waals surface area contributed by atoms with Crippen LogP contribution in [0, 0.1) is 0 Å². The number of nitrogens with one attached hydrogen (secondary N) is 1. The standard InChI is InChI=1S/C23H22ClNO5S/c24-19-8-12-22(13-9-19)31(28,29)25-20(14-17-4-2-1-3-5-17)15-18-6-10-21(11-7-18)30-16-23(26)27/h1-13,20,25H,14-16H2,(H,26,27). The van der Waals surface area contributed by atoms with E-state index in [1.54, 1.807) is 24.3 Å². The van der Waals surface area contributed by atoms with E-state index in [0.717, 1.165) is 11.1 Å². The summed E-state index contributed by atoms with van der Waals surface area (Å²) in [6, 6.07) is 22.2. The van der Waals surface area contributed by atoms with Gasteiger partial charge in [-0.2, -0.15) is 0 Å². The lowest BCUT2D eigenvalue weighted by Gasteiger charge is -2.19. The number of benzene rings is 3. The fraction of sp³-hybridized carbons (Fsp3) is 0.174. The zero-order valence-corrected chi connectivity index (χ0v) is 18.1. The van der Waals surface area contributed by atoms with Crippen LogP contribution in [-0.4, -0.2) is 32.1 Å².